The first kappa shape index (κ1) is 18.4. The Morgan fingerprint density at radius 2 is 2.00 bits per heavy atom. The van der Waals surface area contributed by atoms with Gasteiger partial charge in [0, 0.05) is 19.2 Å². The smallest absolute Gasteiger partial charge is 0.377 e. The normalized spacial score (nSPS) is 12.0. The van der Waals surface area contributed by atoms with Crippen LogP contribution in [0.3, 0.4) is 0 Å². The molecule has 1 aromatic carbocycles. The fourth-order valence-electron chi connectivity index (χ4n) is 1.98. The van der Waals surface area contributed by atoms with Crippen LogP contribution in [-0.4, -0.2) is 30.0 Å². The lowest BCUT2D eigenvalue weighted by atomic mass is 10.2. The van der Waals surface area contributed by atoms with Gasteiger partial charge in [0.15, 0.2) is 0 Å². The number of carbonyl (C=O) groups is 1. The lowest BCUT2D eigenvalue weighted by molar-refractivity contribution is -0.138. The van der Waals surface area contributed by atoms with Gasteiger partial charge in [-0.3, -0.25) is 0 Å². The molecule has 0 N–H and O–H groups in total. The van der Waals surface area contributed by atoms with Gasteiger partial charge in [-0.25, -0.2) is 9.48 Å². The van der Waals surface area contributed by atoms with E-state index in [4.69, 9.17) is 9.47 Å². The van der Waals surface area contributed by atoms with E-state index in [2.05, 4.69) is 9.84 Å². The van der Waals surface area contributed by atoms with Crippen LogP contribution in [0.15, 0.2) is 42.5 Å². The zero-order valence-corrected chi connectivity index (χ0v) is 14.2. The Morgan fingerprint density at radius 1 is 1.28 bits per heavy atom. The summed E-state index contributed by atoms with van der Waals surface area (Å²) in [6, 6.07) is 6.24. The number of rotatable bonds is 6. The standard InChI is InChI=1S/C17H18F2N2O4/c1-11-5-6-12(21-8-7-15(20-21)17(2,18)19)9-13(11)25-14(10-23-3)16(22)24-4/h5-10H,1-4H3/b14-10-. The maximum Gasteiger partial charge on any atom is 0.377 e. The van der Waals surface area contributed by atoms with Crippen molar-refractivity contribution < 1.29 is 27.8 Å². The SMILES string of the molecule is CO/C=C(\Oc1cc(-n2ccc(C(C)(F)F)n2)ccc1C)C(=O)OC. The Hall–Kier alpha value is -2.90. The van der Waals surface area contributed by atoms with Crippen LogP contribution in [0.25, 0.3) is 5.69 Å². The summed E-state index contributed by atoms with van der Waals surface area (Å²) >= 11 is 0. The molecule has 134 valence electrons. The number of methoxy groups -OCH3 is 2. The molecule has 0 aliphatic carbocycles. The monoisotopic (exact) mass is 352 g/mol. The molecule has 0 unspecified atom stereocenters. The summed E-state index contributed by atoms with van der Waals surface area (Å²) in [5.74, 6) is -3.55. The Kier molecular flexibility index (Phi) is 5.41. The van der Waals surface area contributed by atoms with E-state index in [1.807, 2.05) is 0 Å². The zero-order valence-electron chi connectivity index (χ0n) is 14.2. The average molecular weight is 352 g/mol. The molecule has 0 spiro atoms. The van der Waals surface area contributed by atoms with Gasteiger partial charge in [-0.05, 0) is 24.6 Å². The van der Waals surface area contributed by atoms with Crippen molar-refractivity contribution in [1.29, 1.82) is 0 Å². The van der Waals surface area contributed by atoms with Crippen molar-refractivity contribution in [2.45, 2.75) is 19.8 Å². The van der Waals surface area contributed by atoms with Gasteiger partial charge in [-0.15, -0.1) is 0 Å². The van der Waals surface area contributed by atoms with E-state index in [1.54, 1.807) is 25.1 Å². The maximum absolute atomic E-state index is 13.3. The molecule has 0 saturated carbocycles. The summed E-state index contributed by atoms with van der Waals surface area (Å²) in [7, 11) is 2.58. The highest BCUT2D eigenvalue weighted by molar-refractivity contribution is 5.86. The summed E-state index contributed by atoms with van der Waals surface area (Å²) in [5.41, 5.74) is 0.880. The number of carbonyl (C=O) groups excluding carboxylic acids is 1. The van der Waals surface area contributed by atoms with Gasteiger partial charge in [0.2, 0.25) is 5.76 Å². The van der Waals surface area contributed by atoms with E-state index in [0.29, 0.717) is 11.4 Å². The topological polar surface area (TPSA) is 62.6 Å². The molecule has 2 aromatic rings. The average Bonchev–Trinajstić information content (AvgIpc) is 3.06. The number of ether oxygens (including phenoxy) is 3. The van der Waals surface area contributed by atoms with Crippen molar-refractivity contribution in [2.24, 2.45) is 0 Å². The van der Waals surface area contributed by atoms with Crippen LogP contribution in [0.2, 0.25) is 0 Å². The molecule has 0 aliphatic heterocycles. The number of alkyl halides is 2. The summed E-state index contributed by atoms with van der Waals surface area (Å²) < 4.78 is 43.0. The first-order valence-corrected chi connectivity index (χ1v) is 7.30. The van der Waals surface area contributed by atoms with E-state index in [0.717, 1.165) is 18.7 Å². The summed E-state index contributed by atoms with van der Waals surface area (Å²) in [5, 5.41) is 3.87. The zero-order chi connectivity index (χ0) is 18.6. The summed E-state index contributed by atoms with van der Waals surface area (Å²) in [6.45, 7) is 2.55. The van der Waals surface area contributed by atoms with Crippen molar-refractivity contribution >= 4 is 5.97 Å². The molecular formula is C17H18F2N2O4. The van der Waals surface area contributed by atoms with Crippen LogP contribution < -0.4 is 4.74 Å². The Morgan fingerprint density at radius 3 is 2.56 bits per heavy atom. The molecule has 2 rings (SSSR count). The van der Waals surface area contributed by atoms with Crippen molar-refractivity contribution in [2.75, 3.05) is 14.2 Å². The second-order valence-electron chi connectivity index (χ2n) is 5.30. The predicted octanol–water partition coefficient (Wildman–Crippen LogP) is 3.33. The molecule has 0 fully saturated rings. The molecule has 8 heteroatoms. The van der Waals surface area contributed by atoms with Gasteiger partial charge in [0.1, 0.15) is 17.7 Å². The number of aromatic nitrogens is 2. The molecule has 1 heterocycles. The minimum atomic E-state index is -3.03. The molecule has 0 atom stereocenters. The van der Waals surface area contributed by atoms with E-state index in [9.17, 15) is 13.6 Å². The molecule has 6 nitrogen and oxygen atoms in total. The third-order valence-corrected chi connectivity index (χ3v) is 3.31. The van der Waals surface area contributed by atoms with E-state index >= 15 is 0 Å². The van der Waals surface area contributed by atoms with Gasteiger partial charge in [-0.2, -0.15) is 13.9 Å². The van der Waals surface area contributed by atoms with E-state index < -0.39 is 11.9 Å². The van der Waals surface area contributed by atoms with Gasteiger partial charge in [-0.1, -0.05) is 6.07 Å². The fourth-order valence-corrected chi connectivity index (χ4v) is 1.98. The van der Waals surface area contributed by atoms with Crippen LogP contribution >= 0.6 is 0 Å². The van der Waals surface area contributed by atoms with Gasteiger partial charge in [0.05, 0.1) is 19.9 Å². The number of nitrogens with zero attached hydrogens (tertiary/aromatic N) is 2. The van der Waals surface area contributed by atoms with Crippen molar-refractivity contribution in [1.82, 2.24) is 9.78 Å². The summed E-state index contributed by atoms with van der Waals surface area (Å²) in [6.07, 6.45) is 2.54. The molecule has 1 aromatic heterocycles. The van der Waals surface area contributed by atoms with Crippen LogP contribution in [0.5, 0.6) is 5.75 Å². The summed E-state index contributed by atoms with van der Waals surface area (Å²) in [4.78, 5) is 11.7. The first-order valence-electron chi connectivity index (χ1n) is 7.30. The van der Waals surface area contributed by atoms with Crippen LogP contribution in [0, 0.1) is 6.92 Å². The van der Waals surface area contributed by atoms with Gasteiger partial charge >= 0.3 is 5.97 Å². The lowest BCUT2D eigenvalue weighted by Crippen LogP contribution is -2.12. The highest BCUT2D eigenvalue weighted by atomic mass is 19.3. The van der Waals surface area contributed by atoms with E-state index in [-0.39, 0.29) is 11.5 Å². The quantitative estimate of drug-likeness (QED) is 0.453. The molecule has 0 aliphatic rings. The van der Waals surface area contributed by atoms with Gasteiger partial charge in [0.25, 0.3) is 5.92 Å². The maximum atomic E-state index is 13.3. The number of benzene rings is 1. The number of aryl methyl sites for hydroxylation is 1. The first-order chi connectivity index (χ1) is 11.8. The van der Waals surface area contributed by atoms with E-state index in [1.165, 1.54) is 31.2 Å². The largest absolute Gasteiger partial charge is 0.500 e. The molecule has 25 heavy (non-hydrogen) atoms. The number of halogens is 2. The highest BCUT2D eigenvalue weighted by Gasteiger charge is 2.27. The predicted molar refractivity (Wildman–Crippen MR) is 85.6 cm³/mol. The third kappa shape index (κ3) is 4.34. The molecule has 0 saturated heterocycles. The molecular weight excluding hydrogens is 334 g/mol. The van der Waals surface area contributed by atoms with Crippen molar-refractivity contribution in [3.8, 4) is 11.4 Å². The molecule has 0 amide bonds. The second kappa shape index (κ2) is 7.33. The fraction of sp³-hybridized carbons (Fsp3) is 0.294. The van der Waals surface area contributed by atoms with Crippen molar-refractivity contribution in [3.05, 3.63) is 53.7 Å². The number of hydrogen-bond donors (Lipinski definition) is 0. The molecule has 0 radical (unpaired) electrons. The van der Waals surface area contributed by atoms with Gasteiger partial charge < -0.3 is 14.2 Å². The minimum absolute atomic E-state index is 0.147. The Bertz CT molecular complexity index is 794. The van der Waals surface area contributed by atoms with Crippen LogP contribution in [0.1, 0.15) is 18.2 Å². The Labute approximate surface area is 143 Å². The van der Waals surface area contributed by atoms with Crippen LogP contribution in [-0.2, 0) is 20.2 Å². The number of esters is 1. The van der Waals surface area contributed by atoms with Crippen molar-refractivity contribution in [3.63, 3.8) is 0 Å². The Balaban J connectivity index is 2.36. The lowest BCUT2D eigenvalue weighted by Gasteiger charge is -2.12. The second-order valence-corrected chi connectivity index (χ2v) is 5.30. The highest BCUT2D eigenvalue weighted by Crippen LogP contribution is 2.27. The number of hydrogen-bond acceptors (Lipinski definition) is 5. The third-order valence-electron chi connectivity index (χ3n) is 3.31. The van der Waals surface area contributed by atoms with Crippen LogP contribution in [0.4, 0.5) is 8.78 Å². The minimum Gasteiger partial charge on any atom is -0.500 e. The molecule has 0 bridgehead atoms.